The third kappa shape index (κ3) is 3.89. The van der Waals surface area contributed by atoms with Gasteiger partial charge in [-0.1, -0.05) is 19.8 Å². The predicted molar refractivity (Wildman–Crippen MR) is 141 cm³/mol. The lowest BCUT2D eigenvalue weighted by molar-refractivity contribution is -0.148. The first-order chi connectivity index (χ1) is 17.8. The highest BCUT2D eigenvalue weighted by atomic mass is 16.3. The number of likely N-dealkylation sites (N-methyl/N-ethyl adjacent to an activating group) is 1. The summed E-state index contributed by atoms with van der Waals surface area (Å²) in [6.07, 6.45) is 3.68. The lowest BCUT2D eigenvalue weighted by Gasteiger charge is -2.50. The number of hydrogen-bond acceptors (Lipinski definition) is 9. The first-order valence-electron chi connectivity index (χ1n) is 13.0. The van der Waals surface area contributed by atoms with Crippen LogP contribution < -0.4 is 10.6 Å². The second-order valence-corrected chi connectivity index (χ2v) is 11.1. The minimum absolute atomic E-state index is 0.0588. The van der Waals surface area contributed by atoms with Gasteiger partial charge in [-0.25, -0.2) is 0 Å². The summed E-state index contributed by atoms with van der Waals surface area (Å²) in [6.45, 7) is 2.07. The normalized spacial score (nSPS) is 26.9. The van der Waals surface area contributed by atoms with Gasteiger partial charge in [-0.15, -0.1) is 0 Å². The molecule has 0 unspecified atom stereocenters. The fourth-order valence-electron chi connectivity index (χ4n) is 6.51. The number of anilines is 1. The topological polar surface area (TPSA) is 165 Å². The molecule has 0 saturated heterocycles. The highest BCUT2D eigenvalue weighted by Gasteiger charge is 2.63. The van der Waals surface area contributed by atoms with Crippen molar-refractivity contribution >= 4 is 23.2 Å². The van der Waals surface area contributed by atoms with Gasteiger partial charge in [0.2, 0.25) is 5.78 Å². The average molecular weight is 528 g/mol. The Morgan fingerprint density at radius 2 is 1.79 bits per heavy atom. The molecule has 10 nitrogen and oxygen atoms in total. The van der Waals surface area contributed by atoms with Crippen molar-refractivity contribution in [3.8, 4) is 5.75 Å². The summed E-state index contributed by atoms with van der Waals surface area (Å²) in [5.74, 6) is -6.36. The van der Waals surface area contributed by atoms with Crippen LogP contribution in [0.15, 0.2) is 28.7 Å². The zero-order valence-electron chi connectivity index (χ0n) is 22.5. The van der Waals surface area contributed by atoms with E-state index in [1.165, 1.54) is 4.90 Å². The number of phenols is 1. The average Bonchev–Trinajstić information content (AvgIpc) is 2.82. The molecule has 1 aromatic carbocycles. The van der Waals surface area contributed by atoms with Gasteiger partial charge in [-0.05, 0) is 62.9 Å². The second kappa shape index (κ2) is 9.74. The van der Waals surface area contributed by atoms with Crippen LogP contribution in [-0.4, -0.2) is 82.6 Å². The van der Waals surface area contributed by atoms with E-state index in [2.05, 4.69) is 6.92 Å². The van der Waals surface area contributed by atoms with E-state index in [4.69, 9.17) is 5.73 Å². The monoisotopic (exact) mass is 527 g/mol. The van der Waals surface area contributed by atoms with Crippen LogP contribution in [0.1, 0.15) is 54.1 Å². The van der Waals surface area contributed by atoms with E-state index < -0.39 is 58.0 Å². The zero-order chi connectivity index (χ0) is 28.3. The highest BCUT2D eigenvalue weighted by molar-refractivity contribution is 6.24. The number of fused-ring (bicyclic) bond motifs is 3. The maximum absolute atomic E-state index is 14.0. The highest BCUT2D eigenvalue weighted by Crippen LogP contribution is 2.53. The summed E-state index contributed by atoms with van der Waals surface area (Å²) < 4.78 is 0. The van der Waals surface area contributed by atoms with Gasteiger partial charge < -0.3 is 31.1 Å². The van der Waals surface area contributed by atoms with Crippen molar-refractivity contribution in [1.82, 2.24) is 4.90 Å². The fraction of sp³-hybridized carbons (Fsp3) is 0.536. The van der Waals surface area contributed by atoms with Crippen LogP contribution in [0.5, 0.6) is 5.75 Å². The van der Waals surface area contributed by atoms with Crippen molar-refractivity contribution in [2.75, 3.05) is 33.1 Å². The number of aliphatic hydroxyl groups is 3. The summed E-state index contributed by atoms with van der Waals surface area (Å²) >= 11 is 0. The molecule has 10 heteroatoms. The number of hydrogen-bond donors (Lipinski definition) is 5. The van der Waals surface area contributed by atoms with Crippen LogP contribution in [0, 0.1) is 11.8 Å². The number of allylic oxidation sites excluding steroid dienone is 1. The Labute approximate surface area is 222 Å². The Morgan fingerprint density at radius 1 is 1.13 bits per heavy atom. The number of phenolic OH excluding ortho intramolecular Hbond substituents is 1. The number of Topliss-reactive ketones (excluding diaryl/α,β-unsaturated/α-hetero) is 2. The van der Waals surface area contributed by atoms with E-state index in [1.54, 1.807) is 14.1 Å². The minimum atomic E-state index is -2.64. The van der Waals surface area contributed by atoms with Crippen molar-refractivity contribution in [3.63, 3.8) is 0 Å². The lowest BCUT2D eigenvalue weighted by atomic mass is 9.58. The van der Waals surface area contributed by atoms with E-state index in [0.29, 0.717) is 17.5 Å². The number of primary amides is 1. The van der Waals surface area contributed by atoms with Gasteiger partial charge in [0.1, 0.15) is 22.8 Å². The molecule has 4 rings (SSSR count). The number of benzene rings is 1. The summed E-state index contributed by atoms with van der Waals surface area (Å²) in [4.78, 5) is 42.9. The Balaban J connectivity index is 1.93. The van der Waals surface area contributed by atoms with Crippen LogP contribution in [-0.2, 0) is 22.4 Å². The number of nitrogens with zero attached hydrogens (tertiary/aromatic N) is 2. The third-order valence-corrected chi connectivity index (χ3v) is 8.31. The van der Waals surface area contributed by atoms with Gasteiger partial charge in [0.05, 0.1) is 11.6 Å². The van der Waals surface area contributed by atoms with Crippen LogP contribution in [0.3, 0.4) is 0 Å². The molecule has 0 saturated carbocycles. The number of unbranched alkanes of at least 4 members (excludes halogenated alkanes) is 2. The quantitative estimate of drug-likeness (QED) is 0.263. The van der Waals surface area contributed by atoms with E-state index in [-0.39, 0.29) is 29.7 Å². The number of rotatable bonds is 7. The molecule has 206 valence electrons. The van der Waals surface area contributed by atoms with E-state index >= 15 is 0 Å². The van der Waals surface area contributed by atoms with Crippen LogP contribution in [0.2, 0.25) is 0 Å². The molecule has 3 aliphatic carbocycles. The molecule has 0 aromatic heterocycles. The molecule has 1 aromatic rings. The first-order valence-corrected chi connectivity index (χ1v) is 13.0. The SMILES string of the molecule is CCCCCc1cc(N(C)C)c2c(c1O)C(=O)C1=C(O)[C@]3(O)C(=O)C(C(N)=O)=C(O)[C@@H](N(C)C)[C@@H]3C[C@@H]1C2. The Bertz CT molecular complexity index is 1280. The molecule has 0 spiro atoms. The number of carbonyl (C=O) groups excluding carboxylic acids is 3. The molecule has 3 aliphatic rings. The van der Waals surface area contributed by atoms with Crippen LogP contribution in [0.25, 0.3) is 0 Å². The summed E-state index contributed by atoms with van der Waals surface area (Å²) in [5, 5.41) is 45.3. The molecule has 0 radical (unpaired) electrons. The Hall–Kier alpha value is -3.37. The number of aryl methyl sites for hydroxylation is 1. The molecule has 1 amide bonds. The second-order valence-electron chi connectivity index (χ2n) is 11.1. The van der Waals surface area contributed by atoms with E-state index in [1.807, 2.05) is 25.1 Å². The fourth-order valence-corrected chi connectivity index (χ4v) is 6.51. The van der Waals surface area contributed by atoms with Gasteiger partial charge in [0.15, 0.2) is 11.4 Å². The molecular formula is C28H37N3O7. The van der Waals surface area contributed by atoms with Crippen molar-refractivity contribution in [1.29, 1.82) is 0 Å². The van der Waals surface area contributed by atoms with Gasteiger partial charge in [-0.3, -0.25) is 19.3 Å². The van der Waals surface area contributed by atoms with Gasteiger partial charge in [0.25, 0.3) is 5.91 Å². The molecule has 38 heavy (non-hydrogen) atoms. The number of ketones is 2. The standard InChI is InChI=1S/C28H37N3O7/c1-6-7-8-9-13-12-17(30(2)3)15-10-14-11-16-21(31(4)5)24(34)20(27(29)37)26(36)28(16,38)25(35)18(14)23(33)19(15)22(13)32/h12,14,16,21,32,34-35,38H,6-11H2,1-5H3,(H2,29,37)/t14-,16-,21-,28-/m0/s1. The van der Waals surface area contributed by atoms with Gasteiger partial charge >= 0.3 is 0 Å². The summed E-state index contributed by atoms with van der Waals surface area (Å²) in [5.41, 5.74) is 3.87. The molecule has 4 atom stereocenters. The minimum Gasteiger partial charge on any atom is -0.510 e. The number of nitrogens with two attached hydrogens (primary N) is 1. The molecule has 0 fully saturated rings. The summed E-state index contributed by atoms with van der Waals surface area (Å²) in [7, 11) is 6.92. The van der Waals surface area contributed by atoms with Gasteiger partial charge in [-0.2, -0.15) is 0 Å². The van der Waals surface area contributed by atoms with Crippen LogP contribution in [0.4, 0.5) is 5.69 Å². The Kier molecular flexibility index (Phi) is 7.09. The number of amides is 1. The van der Waals surface area contributed by atoms with Crippen LogP contribution >= 0.6 is 0 Å². The maximum atomic E-state index is 14.0. The van der Waals surface area contributed by atoms with Crippen molar-refractivity contribution in [3.05, 3.63) is 45.4 Å². The Morgan fingerprint density at radius 3 is 2.34 bits per heavy atom. The number of aromatic hydroxyl groups is 1. The van der Waals surface area contributed by atoms with E-state index in [0.717, 1.165) is 24.9 Å². The third-order valence-electron chi connectivity index (χ3n) is 8.31. The first kappa shape index (κ1) is 27.7. The molecule has 0 heterocycles. The number of aliphatic hydroxyl groups excluding tert-OH is 2. The molecular weight excluding hydrogens is 490 g/mol. The smallest absolute Gasteiger partial charge is 0.255 e. The van der Waals surface area contributed by atoms with E-state index in [9.17, 15) is 34.8 Å². The zero-order valence-corrected chi connectivity index (χ0v) is 22.5. The lowest BCUT2D eigenvalue weighted by Crippen LogP contribution is -2.63. The summed E-state index contributed by atoms with van der Waals surface area (Å²) in [6, 6.07) is 0.883. The molecule has 0 aliphatic heterocycles. The van der Waals surface area contributed by atoms with Crippen molar-refractivity contribution < 1.29 is 34.8 Å². The van der Waals surface area contributed by atoms with Gasteiger partial charge in [0, 0.05) is 31.3 Å². The predicted octanol–water partition coefficient (Wildman–Crippen LogP) is 1.92. The molecule has 6 N–H and O–H groups in total. The molecule has 0 bridgehead atoms. The largest absolute Gasteiger partial charge is 0.510 e. The van der Waals surface area contributed by atoms with Crippen molar-refractivity contribution in [2.24, 2.45) is 17.6 Å². The van der Waals surface area contributed by atoms with Crippen molar-refractivity contribution in [2.45, 2.75) is 57.1 Å². The maximum Gasteiger partial charge on any atom is 0.255 e. The number of carbonyl (C=O) groups is 3.